The van der Waals surface area contributed by atoms with Crippen LogP contribution in [0.3, 0.4) is 0 Å². The highest BCUT2D eigenvalue weighted by Crippen LogP contribution is 2.15. The van der Waals surface area contributed by atoms with Crippen molar-refractivity contribution >= 4 is 23.7 Å². The van der Waals surface area contributed by atoms with Crippen molar-refractivity contribution in [3.8, 4) is 6.07 Å². The van der Waals surface area contributed by atoms with Crippen LogP contribution in [0.15, 0.2) is 72.9 Å². The number of benzene rings is 2. The van der Waals surface area contributed by atoms with Gasteiger partial charge in [0.2, 0.25) is 5.91 Å². The lowest BCUT2D eigenvalue weighted by Gasteiger charge is -2.07. The molecule has 4 heteroatoms. The molecule has 0 spiro atoms. The Balaban J connectivity index is 1.60. The fraction of sp³-hybridized carbons (Fsp3) is 0.0870. The first kappa shape index (κ1) is 18.1. The number of carbonyl (C=O) groups excluding carboxylic acids is 1. The lowest BCUT2D eigenvalue weighted by Crippen LogP contribution is -2.12. The highest BCUT2D eigenvalue weighted by molar-refractivity contribution is 5.91. The predicted octanol–water partition coefficient (Wildman–Crippen LogP) is 4.69. The van der Waals surface area contributed by atoms with Crippen LogP contribution >= 0.6 is 0 Å². The second-order valence-electron chi connectivity index (χ2n) is 6.03. The average molecular weight is 353 g/mol. The van der Waals surface area contributed by atoms with E-state index < -0.39 is 0 Å². The summed E-state index contributed by atoms with van der Waals surface area (Å²) in [5, 5.41) is 12.0. The van der Waals surface area contributed by atoms with Crippen LogP contribution in [0.25, 0.3) is 12.2 Å². The monoisotopic (exact) mass is 353 g/mol. The highest BCUT2D eigenvalue weighted by atomic mass is 16.1. The Labute approximate surface area is 158 Å². The Morgan fingerprint density at radius 2 is 1.89 bits per heavy atom. The Morgan fingerprint density at radius 3 is 2.70 bits per heavy atom. The summed E-state index contributed by atoms with van der Waals surface area (Å²) >= 11 is 0. The number of pyridine rings is 1. The van der Waals surface area contributed by atoms with Crippen molar-refractivity contribution in [2.24, 2.45) is 0 Å². The number of nitrogens with one attached hydrogen (secondary N) is 1. The summed E-state index contributed by atoms with van der Waals surface area (Å²) in [6, 6.07) is 22.9. The summed E-state index contributed by atoms with van der Waals surface area (Å²) in [5.74, 6) is -0.0754. The molecule has 4 nitrogen and oxygen atoms in total. The van der Waals surface area contributed by atoms with Crippen LogP contribution in [-0.2, 0) is 11.2 Å². The molecule has 1 amide bonds. The van der Waals surface area contributed by atoms with E-state index in [-0.39, 0.29) is 5.91 Å². The SMILES string of the molecule is N#Cc1ccccc1CCC(=O)Nc1cccc(C=Cc2ccccn2)c1. The Bertz CT molecular complexity index is 988. The number of nitriles is 1. The number of anilines is 1. The van der Waals surface area contributed by atoms with E-state index in [1.54, 1.807) is 12.3 Å². The first-order chi connectivity index (χ1) is 13.2. The van der Waals surface area contributed by atoms with Gasteiger partial charge in [-0.15, -0.1) is 0 Å². The van der Waals surface area contributed by atoms with E-state index in [0.717, 1.165) is 22.5 Å². The largest absolute Gasteiger partial charge is 0.326 e. The van der Waals surface area contributed by atoms with Gasteiger partial charge in [-0.1, -0.05) is 42.5 Å². The molecule has 0 aliphatic heterocycles. The number of carbonyl (C=O) groups is 1. The summed E-state index contributed by atoms with van der Waals surface area (Å²) in [4.78, 5) is 16.5. The van der Waals surface area contributed by atoms with E-state index in [9.17, 15) is 4.79 Å². The predicted molar refractivity (Wildman–Crippen MR) is 108 cm³/mol. The van der Waals surface area contributed by atoms with Gasteiger partial charge in [0, 0.05) is 18.3 Å². The number of nitrogens with zero attached hydrogens (tertiary/aromatic N) is 2. The molecule has 132 valence electrons. The van der Waals surface area contributed by atoms with E-state index in [2.05, 4.69) is 16.4 Å². The van der Waals surface area contributed by atoms with Crippen LogP contribution in [0.5, 0.6) is 0 Å². The molecule has 0 bridgehead atoms. The summed E-state index contributed by atoms with van der Waals surface area (Å²) in [5.41, 5.74) is 4.11. The van der Waals surface area contributed by atoms with Crippen LogP contribution in [-0.4, -0.2) is 10.9 Å². The molecule has 0 unspecified atom stereocenters. The molecule has 0 atom stereocenters. The van der Waals surface area contributed by atoms with Crippen molar-refractivity contribution in [3.63, 3.8) is 0 Å². The minimum atomic E-state index is -0.0754. The second kappa shape index (κ2) is 9.12. The first-order valence-electron chi connectivity index (χ1n) is 8.71. The number of hydrogen-bond donors (Lipinski definition) is 1. The maximum atomic E-state index is 12.3. The Kier molecular flexibility index (Phi) is 6.11. The van der Waals surface area contributed by atoms with Crippen molar-refractivity contribution in [2.75, 3.05) is 5.32 Å². The number of amides is 1. The molecule has 2 aromatic carbocycles. The van der Waals surface area contributed by atoms with Crippen molar-refractivity contribution < 1.29 is 4.79 Å². The van der Waals surface area contributed by atoms with E-state index in [0.29, 0.717) is 18.4 Å². The lowest BCUT2D eigenvalue weighted by molar-refractivity contribution is -0.116. The summed E-state index contributed by atoms with van der Waals surface area (Å²) in [7, 11) is 0. The molecule has 1 aromatic heterocycles. The fourth-order valence-electron chi connectivity index (χ4n) is 2.70. The Morgan fingerprint density at radius 1 is 1.04 bits per heavy atom. The summed E-state index contributed by atoms with van der Waals surface area (Å²) < 4.78 is 0. The molecular formula is C23H19N3O. The standard InChI is InChI=1S/C23H19N3O/c24-17-20-8-2-1-7-19(20)12-14-23(27)26-22-10-5-6-18(16-22)11-13-21-9-3-4-15-25-21/h1-11,13,15-16H,12,14H2,(H,26,27). The molecule has 3 aromatic rings. The van der Waals surface area contributed by atoms with Gasteiger partial charge in [-0.3, -0.25) is 9.78 Å². The third-order valence-corrected chi connectivity index (χ3v) is 4.06. The summed E-state index contributed by atoms with van der Waals surface area (Å²) in [6.07, 6.45) is 6.50. The van der Waals surface area contributed by atoms with Crippen LogP contribution < -0.4 is 5.32 Å². The fourth-order valence-corrected chi connectivity index (χ4v) is 2.70. The zero-order valence-electron chi connectivity index (χ0n) is 14.8. The molecule has 3 rings (SSSR count). The Hall–Kier alpha value is -3.71. The number of hydrogen-bond acceptors (Lipinski definition) is 3. The van der Waals surface area contributed by atoms with Crippen molar-refractivity contribution in [1.82, 2.24) is 4.98 Å². The van der Waals surface area contributed by atoms with Crippen molar-refractivity contribution in [1.29, 1.82) is 5.26 Å². The zero-order valence-corrected chi connectivity index (χ0v) is 14.8. The lowest BCUT2D eigenvalue weighted by atomic mass is 10.0. The molecule has 1 N–H and O–H groups in total. The van der Waals surface area contributed by atoms with Crippen molar-refractivity contribution in [2.45, 2.75) is 12.8 Å². The molecule has 0 fully saturated rings. The maximum Gasteiger partial charge on any atom is 0.224 e. The van der Waals surface area contributed by atoms with Gasteiger partial charge >= 0.3 is 0 Å². The molecule has 0 saturated carbocycles. The smallest absolute Gasteiger partial charge is 0.224 e. The number of rotatable bonds is 6. The molecule has 0 radical (unpaired) electrons. The van der Waals surface area contributed by atoms with Gasteiger partial charge in [-0.25, -0.2) is 0 Å². The second-order valence-corrected chi connectivity index (χ2v) is 6.03. The molecule has 0 aliphatic rings. The number of aryl methyl sites for hydroxylation is 1. The van der Waals surface area contributed by atoms with E-state index in [1.807, 2.05) is 72.8 Å². The minimum Gasteiger partial charge on any atom is -0.326 e. The molecule has 1 heterocycles. The topological polar surface area (TPSA) is 65.8 Å². The van der Waals surface area contributed by atoms with Crippen LogP contribution in [0.1, 0.15) is 28.8 Å². The zero-order chi connectivity index (χ0) is 18.9. The minimum absolute atomic E-state index is 0.0754. The van der Waals surface area contributed by atoms with Gasteiger partial charge in [0.15, 0.2) is 0 Å². The van der Waals surface area contributed by atoms with E-state index >= 15 is 0 Å². The van der Waals surface area contributed by atoms with Crippen molar-refractivity contribution in [3.05, 3.63) is 95.3 Å². The first-order valence-corrected chi connectivity index (χ1v) is 8.71. The normalized spacial score (nSPS) is 10.5. The van der Waals surface area contributed by atoms with Gasteiger partial charge in [-0.2, -0.15) is 5.26 Å². The number of aromatic nitrogens is 1. The third kappa shape index (κ3) is 5.38. The summed E-state index contributed by atoms with van der Waals surface area (Å²) in [6.45, 7) is 0. The molecular weight excluding hydrogens is 334 g/mol. The molecule has 27 heavy (non-hydrogen) atoms. The molecule has 0 aliphatic carbocycles. The van der Waals surface area contributed by atoms with Crippen LogP contribution in [0.4, 0.5) is 5.69 Å². The van der Waals surface area contributed by atoms with Crippen LogP contribution in [0, 0.1) is 11.3 Å². The highest BCUT2D eigenvalue weighted by Gasteiger charge is 2.06. The van der Waals surface area contributed by atoms with Crippen LogP contribution in [0.2, 0.25) is 0 Å². The maximum absolute atomic E-state index is 12.3. The van der Waals surface area contributed by atoms with Gasteiger partial charge in [0.25, 0.3) is 0 Å². The van der Waals surface area contributed by atoms with Gasteiger partial charge < -0.3 is 5.32 Å². The quantitative estimate of drug-likeness (QED) is 0.699. The van der Waals surface area contributed by atoms with Gasteiger partial charge in [0.05, 0.1) is 17.3 Å². The van der Waals surface area contributed by atoms with Gasteiger partial charge in [0.1, 0.15) is 0 Å². The average Bonchev–Trinajstić information content (AvgIpc) is 2.72. The third-order valence-electron chi connectivity index (χ3n) is 4.06. The van der Waals surface area contributed by atoms with E-state index in [1.165, 1.54) is 0 Å². The van der Waals surface area contributed by atoms with E-state index in [4.69, 9.17) is 5.26 Å². The molecule has 0 saturated heterocycles. The van der Waals surface area contributed by atoms with Gasteiger partial charge in [-0.05, 0) is 54.0 Å².